The fourth-order valence-corrected chi connectivity index (χ4v) is 5.22. The van der Waals surface area contributed by atoms with Crippen molar-refractivity contribution in [2.75, 3.05) is 13.1 Å². The van der Waals surface area contributed by atoms with Crippen LogP contribution in [0.15, 0.2) is 41.8 Å². The van der Waals surface area contributed by atoms with Crippen molar-refractivity contribution in [3.63, 3.8) is 0 Å². The number of amides is 1. The Morgan fingerprint density at radius 3 is 2.70 bits per heavy atom. The molecule has 4 nitrogen and oxygen atoms in total. The molecule has 0 saturated heterocycles. The van der Waals surface area contributed by atoms with E-state index in [1.807, 2.05) is 41.7 Å². The molecule has 142 valence electrons. The quantitative estimate of drug-likeness (QED) is 0.768. The summed E-state index contributed by atoms with van der Waals surface area (Å²) in [5, 5.41) is 5.19. The van der Waals surface area contributed by atoms with Gasteiger partial charge in [-0.2, -0.15) is 0 Å². The molecule has 0 radical (unpaired) electrons. The van der Waals surface area contributed by atoms with Crippen LogP contribution in [-0.4, -0.2) is 30.8 Å². The third kappa shape index (κ3) is 4.30. The lowest BCUT2D eigenvalue weighted by Gasteiger charge is -2.33. The van der Waals surface area contributed by atoms with E-state index in [4.69, 9.17) is 0 Å². The molecule has 1 aliphatic heterocycles. The lowest BCUT2D eigenvalue weighted by Crippen LogP contribution is -3.14. The number of hydrogen-bond acceptors (Lipinski definition) is 3. The summed E-state index contributed by atoms with van der Waals surface area (Å²) in [6.07, 6.45) is 4.15. The van der Waals surface area contributed by atoms with Crippen LogP contribution in [0.3, 0.4) is 0 Å². The van der Waals surface area contributed by atoms with E-state index in [2.05, 4.69) is 16.8 Å². The van der Waals surface area contributed by atoms with Crippen molar-refractivity contribution >= 4 is 23.0 Å². The van der Waals surface area contributed by atoms with E-state index in [1.165, 1.54) is 28.2 Å². The van der Waals surface area contributed by atoms with Crippen LogP contribution in [0.2, 0.25) is 0 Å². The highest BCUT2D eigenvalue weighted by atomic mass is 32.1. The molecule has 2 aliphatic rings. The van der Waals surface area contributed by atoms with Gasteiger partial charge in [-0.05, 0) is 43.2 Å². The Bertz CT molecular complexity index is 813. The Morgan fingerprint density at radius 2 is 2.00 bits per heavy atom. The van der Waals surface area contributed by atoms with Gasteiger partial charge in [0.2, 0.25) is 0 Å². The van der Waals surface area contributed by atoms with Gasteiger partial charge in [-0.15, -0.1) is 11.3 Å². The molecule has 2 N–H and O–H groups in total. The first kappa shape index (κ1) is 18.4. The topological polar surface area (TPSA) is 50.6 Å². The van der Waals surface area contributed by atoms with Crippen LogP contribution >= 0.6 is 11.3 Å². The molecule has 2 heterocycles. The van der Waals surface area contributed by atoms with Gasteiger partial charge in [-0.25, -0.2) is 0 Å². The molecule has 4 rings (SSSR count). The third-order valence-electron chi connectivity index (χ3n) is 5.82. The third-order valence-corrected chi connectivity index (χ3v) is 6.81. The van der Waals surface area contributed by atoms with E-state index < -0.39 is 6.04 Å². The van der Waals surface area contributed by atoms with Gasteiger partial charge in [0.05, 0.1) is 12.6 Å². The zero-order valence-corrected chi connectivity index (χ0v) is 16.6. The minimum Gasteiger partial charge on any atom is -0.341 e. The molecule has 1 fully saturated rings. The van der Waals surface area contributed by atoms with Crippen LogP contribution in [0.1, 0.15) is 41.8 Å². The summed E-state index contributed by atoms with van der Waals surface area (Å²) < 4.78 is 0. The van der Waals surface area contributed by atoms with E-state index in [1.54, 1.807) is 6.92 Å². The second-order valence-electron chi connectivity index (χ2n) is 7.87. The molecule has 0 bridgehead atoms. The van der Waals surface area contributed by atoms with Crippen LogP contribution < -0.4 is 10.2 Å². The van der Waals surface area contributed by atoms with Crippen molar-refractivity contribution in [2.24, 2.45) is 5.92 Å². The number of fused-ring (bicyclic) bond motifs is 1. The highest BCUT2D eigenvalue weighted by molar-refractivity contribution is 7.10. The number of quaternary nitrogens is 1. The smallest absolute Gasteiger partial charge is 0.275 e. The molecule has 1 unspecified atom stereocenters. The standard InChI is InChI=1S/C22H26N2O2S/c1-15(25)19(13-16-5-3-2-4-6-16)23-21(26)14-24-11-9-20-18(10-12-27-20)22(24)17-7-8-17/h2-6,10,12,17,19,22H,7-9,11,13-14H2,1H3,(H,23,26)/p+1/t19-,22+/m1/s1. The molecule has 1 aromatic carbocycles. The number of hydrogen-bond donors (Lipinski definition) is 2. The second kappa shape index (κ2) is 7.95. The van der Waals surface area contributed by atoms with Crippen LogP contribution in [-0.2, 0) is 22.4 Å². The van der Waals surface area contributed by atoms with Gasteiger partial charge in [-0.3, -0.25) is 9.59 Å². The molecule has 27 heavy (non-hydrogen) atoms. The predicted octanol–water partition coefficient (Wildman–Crippen LogP) is 1.96. The summed E-state index contributed by atoms with van der Waals surface area (Å²) in [6, 6.07) is 12.2. The highest BCUT2D eigenvalue weighted by Gasteiger charge is 2.43. The maximum atomic E-state index is 12.8. The minimum absolute atomic E-state index is 0.00883. The minimum atomic E-state index is -0.444. The average molecular weight is 384 g/mol. The second-order valence-corrected chi connectivity index (χ2v) is 8.87. The number of carbonyl (C=O) groups excluding carboxylic acids is 2. The van der Waals surface area contributed by atoms with E-state index in [-0.39, 0.29) is 11.7 Å². The summed E-state index contributed by atoms with van der Waals surface area (Å²) in [7, 11) is 0. The zero-order chi connectivity index (χ0) is 18.8. The Hall–Kier alpha value is -1.98. The van der Waals surface area contributed by atoms with Gasteiger partial charge < -0.3 is 10.2 Å². The fourth-order valence-electron chi connectivity index (χ4n) is 4.29. The van der Waals surface area contributed by atoms with Crippen molar-refractivity contribution < 1.29 is 14.5 Å². The molecule has 1 aliphatic carbocycles. The fraction of sp³-hybridized carbons (Fsp3) is 0.455. The number of thiophene rings is 1. The van der Waals surface area contributed by atoms with Crippen molar-refractivity contribution in [3.05, 3.63) is 57.8 Å². The Morgan fingerprint density at radius 1 is 1.22 bits per heavy atom. The maximum absolute atomic E-state index is 12.8. The summed E-state index contributed by atoms with van der Waals surface area (Å²) in [4.78, 5) is 27.7. The largest absolute Gasteiger partial charge is 0.341 e. The molecule has 0 spiro atoms. The average Bonchev–Trinajstić information content (AvgIpc) is 3.38. The first-order valence-electron chi connectivity index (χ1n) is 9.86. The van der Waals surface area contributed by atoms with E-state index in [9.17, 15) is 9.59 Å². The van der Waals surface area contributed by atoms with Crippen LogP contribution in [0.5, 0.6) is 0 Å². The molecule has 2 aromatic rings. The normalized spacial score (nSPS) is 22.7. The Balaban J connectivity index is 1.41. The monoisotopic (exact) mass is 383 g/mol. The molecule has 1 aromatic heterocycles. The molecule has 1 saturated carbocycles. The van der Waals surface area contributed by atoms with Crippen LogP contribution in [0.25, 0.3) is 0 Å². The number of benzene rings is 1. The number of ketones is 1. The Labute approximate surface area is 164 Å². The SMILES string of the molecule is CC(=O)[C@@H](Cc1ccccc1)NC(=O)C[NH+]1CCc2sccc2[C@@H]1C1CC1. The van der Waals surface area contributed by atoms with Crippen molar-refractivity contribution in [3.8, 4) is 0 Å². The summed E-state index contributed by atoms with van der Waals surface area (Å²) in [5.41, 5.74) is 2.53. The van der Waals surface area contributed by atoms with Gasteiger partial charge in [0.1, 0.15) is 6.04 Å². The number of nitrogens with one attached hydrogen (secondary N) is 2. The first-order valence-corrected chi connectivity index (χ1v) is 10.7. The summed E-state index contributed by atoms with van der Waals surface area (Å²) in [6.45, 7) is 3.02. The summed E-state index contributed by atoms with van der Waals surface area (Å²) in [5.74, 6) is 0.722. The highest BCUT2D eigenvalue weighted by Crippen LogP contribution is 2.42. The van der Waals surface area contributed by atoms with Crippen molar-refractivity contribution in [2.45, 2.75) is 44.7 Å². The predicted molar refractivity (Wildman–Crippen MR) is 107 cm³/mol. The number of Topliss-reactive ketones (excluding diaryl/α,β-unsaturated/α-hetero) is 1. The molecular weight excluding hydrogens is 356 g/mol. The molecule has 1 amide bonds. The lowest BCUT2D eigenvalue weighted by molar-refractivity contribution is -0.928. The van der Waals surface area contributed by atoms with Gasteiger partial charge in [0.15, 0.2) is 12.3 Å². The van der Waals surface area contributed by atoms with Crippen molar-refractivity contribution in [1.82, 2.24) is 5.32 Å². The lowest BCUT2D eigenvalue weighted by atomic mass is 9.96. The van der Waals surface area contributed by atoms with E-state index in [0.717, 1.165) is 24.4 Å². The summed E-state index contributed by atoms with van der Waals surface area (Å²) >= 11 is 1.85. The van der Waals surface area contributed by atoms with Gasteiger partial charge >= 0.3 is 0 Å². The molecular formula is C22H27N2O2S+. The first-order chi connectivity index (χ1) is 13.1. The zero-order valence-electron chi connectivity index (χ0n) is 15.7. The van der Waals surface area contributed by atoms with Gasteiger partial charge in [-0.1, -0.05) is 30.3 Å². The Kier molecular flexibility index (Phi) is 5.41. The van der Waals surface area contributed by atoms with Gasteiger partial charge in [0, 0.05) is 22.8 Å². The van der Waals surface area contributed by atoms with Crippen LogP contribution in [0, 0.1) is 5.92 Å². The van der Waals surface area contributed by atoms with E-state index >= 15 is 0 Å². The number of carbonyl (C=O) groups is 2. The maximum Gasteiger partial charge on any atom is 0.275 e. The van der Waals surface area contributed by atoms with Gasteiger partial charge in [0.25, 0.3) is 5.91 Å². The van der Waals surface area contributed by atoms with Crippen LogP contribution in [0.4, 0.5) is 0 Å². The van der Waals surface area contributed by atoms with E-state index in [0.29, 0.717) is 19.0 Å². The van der Waals surface area contributed by atoms with Crippen molar-refractivity contribution in [1.29, 1.82) is 0 Å². The molecule has 3 atom stereocenters. The number of rotatable bonds is 7. The molecule has 5 heteroatoms.